The van der Waals surface area contributed by atoms with Crippen molar-refractivity contribution in [2.75, 3.05) is 33.4 Å². The number of likely N-dealkylation sites (tertiary alicyclic amines) is 1. The van der Waals surface area contributed by atoms with Gasteiger partial charge in [0.2, 0.25) is 10.0 Å². The van der Waals surface area contributed by atoms with E-state index >= 15 is 0 Å². The van der Waals surface area contributed by atoms with Crippen LogP contribution in [0.1, 0.15) is 40.7 Å². The van der Waals surface area contributed by atoms with Crippen molar-refractivity contribution >= 4 is 15.9 Å². The second kappa shape index (κ2) is 10.2. The van der Waals surface area contributed by atoms with Crippen LogP contribution in [0.25, 0.3) is 0 Å². The fourth-order valence-corrected chi connectivity index (χ4v) is 4.61. The van der Waals surface area contributed by atoms with Gasteiger partial charge in [0.25, 0.3) is 5.91 Å². The molecule has 0 aromatic heterocycles. The van der Waals surface area contributed by atoms with Crippen molar-refractivity contribution in [3.63, 3.8) is 0 Å². The number of aryl methyl sites for hydroxylation is 2. The third-order valence-corrected chi connectivity index (χ3v) is 6.81. The standard InChI is InChI=1S/C23H30N2O5S/c1-17-7-8-18(2)22(15-17)30-14-11-24-31(27,28)19-9-10-21(29-3)20(16-19)23(26)25-12-5-4-6-13-25/h7-10,15-16,24H,4-6,11-14H2,1-3H3. The van der Waals surface area contributed by atoms with Crippen LogP contribution in [0.15, 0.2) is 41.3 Å². The predicted molar refractivity (Wildman–Crippen MR) is 119 cm³/mol. The highest BCUT2D eigenvalue weighted by Gasteiger charge is 2.24. The van der Waals surface area contributed by atoms with Crippen LogP contribution >= 0.6 is 0 Å². The molecule has 2 aromatic rings. The smallest absolute Gasteiger partial charge is 0.257 e. The summed E-state index contributed by atoms with van der Waals surface area (Å²) >= 11 is 0. The average molecular weight is 447 g/mol. The molecule has 0 spiro atoms. The number of hydrogen-bond donors (Lipinski definition) is 1. The van der Waals surface area contributed by atoms with Crippen LogP contribution in [0.4, 0.5) is 0 Å². The zero-order valence-corrected chi connectivity index (χ0v) is 19.1. The molecule has 7 nitrogen and oxygen atoms in total. The van der Waals surface area contributed by atoms with Gasteiger partial charge in [-0.05, 0) is 68.5 Å². The van der Waals surface area contributed by atoms with Crippen LogP contribution in [-0.4, -0.2) is 52.6 Å². The number of carbonyl (C=O) groups is 1. The van der Waals surface area contributed by atoms with E-state index in [-0.39, 0.29) is 29.5 Å². The number of methoxy groups -OCH3 is 1. The predicted octanol–water partition coefficient (Wildman–Crippen LogP) is 3.30. The van der Waals surface area contributed by atoms with Gasteiger partial charge in [0.15, 0.2) is 0 Å². The molecule has 8 heteroatoms. The molecular formula is C23H30N2O5S. The Morgan fingerprint density at radius 1 is 1.03 bits per heavy atom. The van der Waals surface area contributed by atoms with Crippen LogP contribution in [-0.2, 0) is 10.0 Å². The van der Waals surface area contributed by atoms with Gasteiger partial charge >= 0.3 is 0 Å². The Bertz CT molecular complexity index is 1030. The van der Waals surface area contributed by atoms with Crippen molar-refractivity contribution in [1.82, 2.24) is 9.62 Å². The summed E-state index contributed by atoms with van der Waals surface area (Å²) in [4.78, 5) is 14.7. The summed E-state index contributed by atoms with van der Waals surface area (Å²) in [6.45, 7) is 5.56. The van der Waals surface area contributed by atoms with Gasteiger partial charge in [-0.3, -0.25) is 4.79 Å². The first-order valence-electron chi connectivity index (χ1n) is 10.5. The zero-order valence-electron chi connectivity index (χ0n) is 18.3. The number of ether oxygens (including phenoxy) is 2. The molecule has 0 atom stereocenters. The average Bonchev–Trinajstić information content (AvgIpc) is 2.78. The van der Waals surface area contributed by atoms with Crippen molar-refractivity contribution in [3.05, 3.63) is 53.1 Å². The Kier molecular flexibility index (Phi) is 7.56. The molecule has 0 radical (unpaired) electrons. The number of amides is 1. The first-order chi connectivity index (χ1) is 14.8. The van der Waals surface area contributed by atoms with Gasteiger partial charge in [-0.2, -0.15) is 0 Å². The summed E-state index contributed by atoms with van der Waals surface area (Å²) in [7, 11) is -2.33. The molecule has 0 unspecified atom stereocenters. The second-order valence-electron chi connectivity index (χ2n) is 7.73. The van der Waals surface area contributed by atoms with Gasteiger partial charge in [0.1, 0.15) is 18.1 Å². The molecule has 168 valence electrons. The van der Waals surface area contributed by atoms with E-state index in [9.17, 15) is 13.2 Å². The quantitative estimate of drug-likeness (QED) is 0.629. The molecule has 1 saturated heterocycles. The van der Waals surface area contributed by atoms with Crippen molar-refractivity contribution < 1.29 is 22.7 Å². The summed E-state index contributed by atoms with van der Waals surface area (Å²) in [5.41, 5.74) is 2.33. The minimum Gasteiger partial charge on any atom is -0.496 e. The molecule has 0 bridgehead atoms. The Balaban J connectivity index is 1.68. The second-order valence-corrected chi connectivity index (χ2v) is 9.50. The minimum atomic E-state index is -3.80. The van der Waals surface area contributed by atoms with Gasteiger partial charge in [0.05, 0.1) is 17.6 Å². The molecule has 1 amide bonds. The van der Waals surface area contributed by atoms with Crippen LogP contribution in [0.5, 0.6) is 11.5 Å². The van der Waals surface area contributed by atoms with E-state index < -0.39 is 10.0 Å². The van der Waals surface area contributed by atoms with E-state index in [4.69, 9.17) is 9.47 Å². The Hall–Kier alpha value is -2.58. The lowest BCUT2D eigenvalue weighted by Gasteiger charge is -2.27. The topological polar surface area (TPSA) is 84.9 Å². The number of piperidine rings is 1. The van der Waals surface area contributed by atoms with Gasteiger partial charge in [-0.1, -0.05) is 12.1 Å². The number of hydrogen-bond acceptors (Lipinski definition) is 5. The Morgan fingerprint density at radius 2 is 1.77 bits per heavy atom. The lowest BCUT2D eigenvalue weighted by Crippen LogP contribution is -2.36. The minimum absolute atomic E-state index is 0.0281. The Morgan fingerprint density at radius 3 is 2.48 bits per heavy atom. The molecule has 0 saturated carbocycles. The lowest BCUT2D eigenvalue weighted by atomic mass is 10.1. The van der Waals surface area contributed by atoms with Crippen molar-refractivity contribution in [3.8, 4) is 11.5 Å². The van der Waals surface area contributed by atoms with Gasteiger partial charge in [-0.15, -0.1) is 0 Å². The number of nitrogens with one attached hydrogen (secondary N) is 1. The molecule has 3 rings (SSSR count). The maximum Gasteiger partial charge on any atom is 0.257 e. The monoisotopic (exact) mass is 446 g/mol. The molecule has 1 N–H and O–H groups in total. The van der Waals surface area contributed by atoms with Gasteiger partial charge < -0.3 is 14.4 Å². The first-order valence-corrected chi connectivity index (χ1v) is 12.0. The normalized spacial score (nSPS) is 14.4. The summed E-state index contributed by atoms with van der Waals surface area (Å²) < 4.78 is 39.1. The number of nitrogens with zero attached hydrogens (tertiary/aromatic N) is 1. The van der Waals surface area contributed by atoms with E-state index in [1.807, 2.05) is 32.0 Å². The summed E-state index contributed by atoms with van der Waals surface area (Å²) in [6.07, 6.45) is 3.01. The number of rotatable bonds is 8. The third kappa shape index (κ3) is 5.77. The fraction of sp³-hybridized carbons (Fsp3) is 0.435. The highest BCUT2D eigenvalue weighted by molar-refractivity contribution is 7.89. The first kappa shape index (κ1) is 23.1. The highest BCUT2D eigenvalue weighted by Crippen LogP contribution is 2.25. The van der Waals surface area contributed by atoms with E-state index in [2.05, 4.69) is 4.72 Å². The lowest BCUT2D eigenvalue weighted by molar-refractivity contribution is 0.0720. The maximum absolute atomic E-state index is 12.9. The molecule has 2 aromatic carbocycles. The van der Waals surface area contributed by atoms with Crippen LogP contribution < -0.4 is 14.2 Å². The molecular weight excluding hydrogens is 416 g/mol. The van der Waals surface area contributed by atoms with E-state index in [1.54, 1.807) is 4.90 Å². The van der Waals surface area contributed by atoms with Crippen molar-refractivity contribution in [2.45, 2.75) is 38.0 Å². The molecule has 1 heterocycles. The van der Waals surface area contributed by atoms with Crippen LogP contribution in [0.3, 0.4) is 0 Å². The summed E-state index contributed by atoms with van der Waals surface area (Å²) in [6, 6.07) is 10.2. The number of benzene rings is 2. The fourth-order valence-electron chi connectivity index (χ4n) is 3.57. The van der Waals surface area contributed by atoms with E-state index in [0.717, 1.165) is 36.1 Å². The maximum atomic E-state index is 12.9. The van der Waals surface area contributed by atoms with Crippen molar-refractivity contribution in [1.29, 1.82) is 0 Å². The largest absolute Gasteiger partial charge is 0.496 e. The number of carbonyl (C=O) groups excluding carboxylic acids is 1. The summed E-state index contributed by atoms with van der Waals surface area (Å²) in [5.74, 6) is 0.901. The molecule has 1 aliphatic rings. The van der Waals surface area contributed by atoms with Crippen LogP contribution in [0.2, 0.25) is 0 Å². The highest BCUT2D eigenvalue weighted by atomic mass is 32.2. The van der Waals surface area contributed by atoms with Crippen molar-refractivity contribution in [2.24, 2.45) is 0 Å². The van der Waals surface area contributed by atoms with Gasteiger partial charge in [-0.25, -0.2) is 13.1 Å². The number of sulfonamides is 1. The molecule has 0 aliphatic carbocycles. The van der Waals surface area contributed by atoms with Crippen LogP contribution in [0, 0.1) is 13.8 Å². The van der Waals surface area contributed by atoms with Gasteiger partial charge in [0, 0.05) is 19.6 Å². The molecule has 1 fully saturated rings. The Labute approximate surface area is 184 Å². The van der Waals surface area contributed by atoms with E-state index in [1.165, 1.54) is 25.3 Å². The third-order valence-electron chi connectivity index (χ3n) is 5.35. The molecule has 31 heavy (non-hydrogen) atoms. The van der Waals surface area contributed by atoms with E-state index in [0.29, 0.717) is 18.8 Å². The zero-order chi connectivity index (χ0) is 22.4. The SMILES string of the molecule is COc1ccc(S(=O)(=O)NCCOc2cc(C)ccc2C)cc1C(=O)N1CCCCC1. The summed E-state index contributed by atoms with van der Waals surface area (Å²) in [5, 5.41) is 0. The molecule has 1 aliphatic heterocycles.